The van der Waals surface area contributed by atoms with Crippen LogP contribution >= 0.6 is 0 Å². The fourth-order valence-electron chi connectivity index (χ4n) is 4.01. The van der Waals surface area contributed by atoms with Crippen molar-refractivity contribution < 1.29 is 19.5 Å². The van der Waals surface area contributed by atoms with Gasteiger partial charge in [-0.2, -0.15) is 0 Å². The third-order valence-corrected chi connectivity index (χ3v) is 5.56. The predicted octanol–water partition coefficient (Wildman–Crippen LogP) is 2.57. The van der Waals surface area contributed by atoms with Crippen molar-refractivity contribution in [2.75, 3.05) is 33.9 Å². The highest BCUT2D eigenvalue weighted by molar-refractivity contribution is 5.29. The zero-order chi connectivity index (χ0) is 21.9. The number of quaternary nitrogens is 1. The van der Waals surface area contributed by atoms with Crippen molar-refractivity contribution in [3.8, 4) is 5.75 Å². The van der Waals surface area contributed by atoms with E-state index in [1.807, 2.05) is 30.3 Å². The predicted molar refractivity (Wildman–Crippen MR) is 124 cm³/mol. The lowest BCUT2D eigenvalue weighted by molar-refractivity contribution is -0.917. The lowest BCUT2D eigenvalue weighted by atomic mass is 10.1. The molecule has 5 heteroatoms. The van der Waals surface area contributed by atoms with Gasteiger partial charge in [0.15, 0.2) is 0 Å². The van der Waals surface area contributed by atoms with Crippen molar-refractivity contribution in [1.29, 1.82) is 0 Å². The molecular formula is C26H35N2O3+. The van der Waals surface area contributed by atoms with Gasteiger partial charge >= 0.3 is 0 Å². The molecule has 1 aromatic heterocycles. The number of aliphatic hydroxyl groups excluding tert-OH is 1. The van der Waals surface area contributed by atoms with E-state index in [9.17, 15) is 5.11 Å². The van der Waals surface area contributed by atoms with Gasteiger partial charge in [-0.15, -0.1) is 0 Å². The van der Waals surface area contributed by atoms with E-state index < -0.39 is 0 Å². The minimum atomic E-state index is -0.373. The average molecular weight is 424 g/mol. The lowest BCUT2D eigenvalue weighted by Crippen LogP contribution is -3.12. The minimum absolute atomic E-state index is 0.373. The highest BCUT2D eigenvalue weighted by atomic mass is 16.5. The smallest absolute Gasteiger partial charge is 0.119 e. The van der Waals surface area contributed by atoms with E-state index in [2.05, 4.69) is 47.2 Å². The van der Waals surface area contributed by atoms with Gasteiger partial charge in [0.25, 0.3) is 0 Å². The molecule has 2 N–H and O–H groups in total. The average Bonchev–Trinajstić information content (AvgIpc) is 3.21. The summed E-state index contributed by atoms with van der Waals surface area (Å²) in [4.78, 5) is 1.37. The van der Waals surface area contributed by atoms with Gasteiger partial charge in [0.2, 0.25) is 0 Å². The Bertz CT molecular complexity index is 894. The Morgan fingerprint density at radius 1 is 0.968 bits per heavy atom. The minimum Gasteiger partial charge on any atom is -0.497 e. The van der Waals surface area contributed by atoms with Crippen LogP contribution in [0.15, 0.2) is 72.9 Å². The van der Waals surface area contributed by atoms with Crippen LogP contribution < -0.4 is 9.64 Å². The van der Waals surface area contributed by atoms with Crippen LogP contribution in [0.4, 0.5) is 0 Å². The van der Waals surface area contributed by atoms with Crippen molar-refractivity contribution in [3.63, 3.8) is 0 Å². The van der Waals surface area contributed by atoms with E-state index in [1.54, 1.807) is 14.2 Å². The number of aliphatic hydroxyl groups is 1. The van der Waals surface area contributed by atoms with Crippen LogP contribution in [-0.2, 0) is 24.2 Å². The monoisotopic (exact) mass is 423 g/mol. The molecule has 3 rings (SSSR count). The third kappa shape index (κ3) is 7.55. The molecule has 0 aliphatic rings. The Balaban J connectivity index is 1.65. The first-order valence-electron chi connectivity index (χ1n) is 11.0. The summed E-state index contributed by atoms with van der Waals surface area (Å²) in [6.07, 6.45) is 3.41. The molecule has 0 saturated heterocycles. The van der Waals surface area contributed by atoms with E-state index >= 15 is 0 Å². The fourth-order valence-corrected chi connectivity index (χ4v) is 4.01. The van der Waals surface area contributed by atoms with Crippen LogP contribution in [0.25, 0.3) is 0 Å². The summed E-state index contributed by atoms with van der Waals surface area (Å²) in [7, 11) is 3.44. The summed E-state index contributed by atoms with van der Waals surface area (Å²) in [5, 5.41) is 10.7. The van der Waals surface area contributed by atoms with E-state index in [-0.39, 0.29) is 6.10 Å². The molecule has 0 saturated carbocycles. The number of rotatable bonds is 13. The van der Waals surface area contributed by atoms with Crippen LogP contribution in [-0.4, -0.2) is 49.7 Å². The standard InChI is InChI=1S/C26H34N2O3/c1-30-16-8-14-27(21-25(29)17-22-9-4-3-5-10-22)20-24-12-7-15-28(24)19-23-11-6-13-26(18-23)31-2/h3-7,9-13,15,18,25,29H,8,14,16-17,19-21H2,1-2H3/p+1/t25-/m1/s1. The van der Waals surface area contributed by atoms with Gasteiger partial charge in [0.05, 0.1) is 26.0 Å². The molecule has 2 atom stereocenters. The van der Waals surface area contributed by atoms with E-state index in [1.165, 1.54) is 21.7 Å². The Labute approximate surface area is 185 Å². The van der Waals surface area contributed by atoms with E-state index in [0.29, 0.717) is 13.0 Å². The van der Waals surface area contributed by atoms with Crippen LogP contribution in [0, 0.1) is 0 Å². The Hall–Kier alpha value is -2.60. The molecule has 166 valence electrons. The van der Waals surface area contributed by atoms with Crippen molar-refractivity contribution in [2.45, 2.75) is 32.0 Å². The Kier molecular flexibility index (Phi) is 9.16. The second-order valence-corrected chi connectivity index (χ2v) is 8.05. The number of aromatic nitrogens is 1. The number of hydrogen-bond donors (Lipinski definition) is 2. The van der Waals surface area contributed by atoms with Crippen molar-refractivity contribution in [2.24, 2.45) is 0 Å². The quantitative estimate of drug-likeness (QED) is 0.416. The van der Waals surface area contributed by atoms with Gasteiger partial charge in [-0.1, -0.05) is 42.5 Å². The lowest BCUT2D eigenvalue weighted by Gasteiger charge is -2.23. The number of methoxy groups -OCH3 is 2. The summed E-state index contributed by atoms with van der Waals surface area (Å²) in [6, 6.07) is 22.7. The molecular weight excluding hydrogens is 388 g/mol. The number of nitrogens with one attached hydrogen (secondary N) is 1. The summed E-state index contributed by atoms with van der Waals surface area (Å²) in [5.74, 6) is 0.877. The van der Waals surface area contributed by atoms with Gasteiger partial charge in [-0.3, -0.25) is 0 Å². The van der Waals surface area contributed by atoms with Crippen LogP contribution in [0.3, 0.4) is 0 Å². The van der Waals surface area contributed by atoms with E-state index in [0.717, 1.165) is 38.4 Å². The highest BCUT2D eigenvalue weighted by Crippen LogP contribution is 2.15. The molecule has 1 heterocycles. The van der Waals surface area contributed by atoms with Gasteiger partial charge in [0.1, 0.15) is 24.9 Å². The molecule has 0 radical (unpaired) electrons. The second kappa shape index (κ2) is 12.3. The molecule has 3 aromatic rings. The van der Waals surface area contributed by atoms with Crippen molar-refractivity contribution in [1.82, 2.24) is 4.57 Å². The Morgan fingerprint density at radius 2 is 1.77 bits per heavy atom. The zero-order valence-electron chi connectivity index (χ0n) is 18.7. The zero-order valence-corrected chi connectivity index (χ0v) is 18.7. The normalized spacial score (nSPS) is 13.1. The summed E-state index contributed by atoms with van der Waals surface area (Å²) in [5.41, 5.74) is 3.65. The molecule has 0 aliphatic carbocycles. The third-order valence-electron chi connectivity index (χ3n) is 5.56. The topological polar surface area (TPSA) is 48.1 Å². The largest absolute Gasteiger partial charge is 0.497 e. The van der Waals surface area contributed by atoms with Crippen molar-refractivity contribution in [3.05, 3.63) is 89.7 Å². The molecule has 1 unspecified atom stereocenters. The first-order chi connectivity index (χ1) is 15.2. The summed E-state index contributed by atoms with van der Waals surface area (Å²) >= 11 is 0. The second-order valence-electron chi connectivity index (χ2n) is 8.05. The molecule has 5 nitrogen and oxygen atoms in total. The SMILES string of the molecule is COCCC[NH+](Cc1cccn1Cc1cccc(OC)c1)C[C@H](O)Cc1ccccc1. The number of hydrogen-bond acceptors (Lipinski definition) is 3. The summed E-state index contributed by atoms with van der Waals surface area (Å²) < 4.78 is 12.9. The number of nitrogens with zero attached hydrogens (tertiary/aromatic N) is 1. The molecule has 0 amide bonds. The highest BCUT2D eigenvalue weighted by Gasteiger charge is 2.18. The summed E-state index contributed by atoms with van der Waals surface area (Å²) in [6.45, 7) is 4.08. The van der Waals surface area contributed by atoms with Crippen molar-refractivity contribution >= 4 is 0 Å². The van der Waals surface area contributed by atoms with Gasteiger partial charge in [0, 0.05) is 32.7 Å². The van der Waals surface area contributed by atoms with Gasteiger partial charge in [-0.25, -0.2) is 0 Å². The van der Waals surface area contributed by atoms with Gasteiger partial charge < -0.3 is 24.0 Å². The fraction of sp³-hybridized carbons (Fsp3) is 0.385. The maximum absolute atomic E-state index is 10.7. The number of benzene rings is 2. The van der Waals surface area contributed by atoms with Gasteiger partial charge in [-0.05, 0) is 35.4 Å². The van der Waals surface area contributed by atoms with Crippen LogP contribution in [0.5, 0.6) is 5.75 Å². The Morgan fingerprint density at radius 3 is 2.55 bits per heavy atom. The molecule has 0 spiro atoms. The van der Waals surface area contributed by atoms with Crippen LogP contribution in [0.1, 0.15) is 23.2 Å². The maximum Gasteiger partial charge on any atom is 0.119 e. The molecule has 0 bridgehead atoms. The molecule has 0 fully saturated rings. The molecule has 31 heavy (non-hydrogen) atoms. The molecule has 0 aliphatic heterocycles. The number of ether oxygens (including phenoxy) is 2. The first-order valence-corrected chi connectivity index (χ1v) is 11.0. The first kappa shape index (κ1) is 23.1. The van der Waals surface area contributed by atoms with E-state index in [4.69, 9.17) is 9.47 Å². The maximum atomic E-state index is 10.7. The van der Waals surface area contributed by atoms with Crippen LogP contribution in [0.2, 0.25) is 0 Å². The molecule has 2 aromatic carbocycles.